The molecule has 1 aromatic rings. The van der Waals surface area contributed by atoms with Crippen LogP contribution in [0.15, 0.2) is 18.5 Å². The van der Waals surface area contributed by atoms with Gasteiger partial charge in [0, 0.05) is 6.20 Å². The molecule has 21 heavy (non-hydrogen) atoms. The molecule has 1 aromatic heterocycles. The van der Waals surface area contributed by atoms with Crippen molar-refractivity contribution >= 4 is 0 Å². The molecule has 1 fully saturated rings. The van der Waals surface area contributed by atoms with Crippen molar-refractivity contribution in [3.05, 3.63) is 24.0 Å². The molecule has 1 N–H and O–H groups in total. The number of rotatable bonds is 5. The molecule has 1 aliphatic rings. The third kappa shape index (κ3) is 4.44. The Morgan fingerprint density at radius 2 is 2.14 bits per heavy atom. The highest BCUT2D eigenvalue weighted by Crippen LogP contribution is 2.46. The van der Waals surface area contributed by atoms with Crippen LogP contribution in [0, 0.1) is 11.3 Å². The summed E-state index contributed by atoms with van der Waals surface area (Å²) >= 11 is 0. The van der Waals surface area contributed by atoms with Crippen molar-refractivity contribution in [1.82, 2.24) is 10.3 Å². The van der Waals surface area contributed by atoms with E-state index in [0.29, 0.717) is 17.3 Å². The summed E-state index contributed by atoms with van der Waals surface area (Å²) < 4.78 is 5.81. The molecule has 2 unspecified atom stereocenters. The van der Waals surface area contributed by atoms with E-state index >= 15 is 0 Å². The number of aromatic nitrogens is 1. The minimum absolute atomic E-state index is 0.193. The molecule has 2 atom stereocenters. The van der Waals surface area contributed by atoms with E-state index in [1.54, 1.807) is 0 Å². The molecule has 3 nitrogen and oxygen atoms in total. The van der Waals surface area contributed by atoms with E-state index < -0.39 is 0 Å². The lowest BCUT2D eigenvalue weighted by atomic mass is 9.65. The molecule has 2 rings (SSSR count). The average Bonchev–Trinajstić information content (AvgIpc) is 2.40. The zero-order valence-electron chi connectivity index (χ0n) is 14.1. The Kier molecular flexibility index (Phi) is 5.26. The van der Waals surface area contributed by atoms with Crippen molar-refractivity contribution in [2.24, 2.45) is 11.3 Å². The van der Waals surface area contributed by atoms with E-state index in [1.165, 1.54) is 24.8 Å². The summed E-state index contributed by atoms with van der Waals surface area (Å²) in [5, 5.41) is 3.36. The largest absolute Gasteiger partial charge is 0.489 e. The topological polar surface area (TPSA) is 34.2 Å². The van der Waals surface area contributed by atoms with Crippen molar-refractivity contribution in [3.63, 3.8) is 0 Å². The summed E-state index contributed by atoms with van der Waals surface area (Å²) in [4.78, 5) is 4.41. The number of hydrogen-bond acceptors (Lipinski definition) is 3. The van der Waals surface area contributed by atoms with Crippen LogP contribution in [0.1, 0.15) is 58.4 Å². The fraction of sp³-hybridized carbons (Fsp3) is 0.722. The van der Waals surface area contributed by atoms with Crippen LogP contribution in [-0.4, -0.2) is 24.7 Å². The smallest absolute Gasteiger partial charge is 0.138 e. The second kappa shape index (κ2) is 6.78. The van der Waals surface area contributed by atoms with Gasteiger partial charge in [-0.3, -0.25) is 4.98 Å². The van der Waals surface area contributed by atoms with Gasteiger partial charge >= 0.3 is 0 Å². The summed E-state index contributed by atoms with van der Waals surface area (Å²) in [6.45, 7) is 9.96. The van der Waals surface area contributed by atoms with Crippen LogP contribution in [0.3, 0.4) is 0 Å². The molecular weight excluding hydrogens is 260 g/mol. The average molecular weight is 290 g/mol. The highest BCUT2D eigenvalue weighted by molar-refractivity contribution is 5.28. The van der Waals surface area contributed by atoms with Crippen molar-refractivity contribution in [2.45, 2.75) is 59.0 Å². The van der Waals surface area contributed by atoms with Gasteiger partial charge in [-0.05, 0) is 75.6 Å². The zero-order chi connectivity index (χ0) is 15.5. The first-order chi connectivity index (χ1) is 9.91. The Hall–Kier alpha value is -1.09. The van der Waals surface area contributed by atoms with Crippen molar-refractivity contribution in [1.29, 1.82) is 0 Å². The van der Waals surface area contributed by atoms with Crippen LogP contribution in [-0.2, 0) is 0 Å². The lowest BCUT2D eigenvalue weighted by molar-refractivity contribution is 0.160. The monoisotopic (exact) mass is 290 g/mol. The normalized spacial score (nSPS) is 25.0. The maximum Gasteiger partial charge on any atom is 0.138 e. The van der Waals surface area contributed by atoms with Gasteiger partial charge in [-0.15, -0.1) is 0 Å². The minimum atomic E-state index is 0.193. The first-order valence-electron chi connectivity index (χ1n) is 8.17. The van der Waals surface area contributed by atoms with E-state index in [9.17, 15) is 0 Å². The number of ether oxygens (including phenoxy) is 1. The molecule has 1 aliphatic carbocycles. The third-order valence-corrected chi connectivity index (χ3v) is 4.53. The summed E-state index contributed by atoms with van der Waals surface area (Å²) in [5.41, 5.74) is 1.75. The third-order valence-electron chi connectivity index (χ3n) is 4.53. The van der Waals surface area contributed by atoms with Gasteiger partial charge in [0.1, 0.15) is 5.75 Å². The van der Waals surface area contributed by atoms with Crippen LogP contribution in [0.4, 0.5) is 0 Å². The zero-order valence-corrected chi connectivity index (χ0v) is 14.1. The number of hydrogen-bond donors (Lipinski definition) is 1. The lowest BCUT2D eigenvalue weighted by Crippen LogP contribution is -2.33. The van der Waals surface area contributed by atoms with Crippen molar-refractivity contribution < 1.29 is 4.74 Å². The van der Waals surface area contributed by atoms with Crippen LogP contribution >= 0.6 is 0 Å². The van der Waals surface area contributed by atoms with Crippen LogP contribution in [0.2, 0.25) is 0 Å². The number of nitrogens with one attached hydrogen (secondary N) is 1. The summed E-state index contributed by atoms with van der Waals surface area (Å²) in [6.07, 6.45) is 7.87. The molecule has 3 heteroatoms. The molecular formula is C18H30N2O. The van der Waals surface area contributed by atoms with Gasteiger partial charge < -0.3 is 10.1 Å². The fourth-order valence-corrected chi connectivity index (χ4v) is 3.51. The summed E-state index contributed by atoms with van der Waals surface area (Å²) in [7, 11) is 2.05. The van der Waals surface area contributed by atoms with Crippen LogP contribution in [0.25, 0.3) is 0 Å². The maximum absolute atomic E-state index is 5.81. The molecule has 0 amide bonds. The second-order valence-corrected chi connectivity index (χ2v) is 7.45. The van der Waals surface area contributed by atoms with Gasteiger partial charge in [-0.2, -0.15) is 0 Å². The highest BCUT2D eigenvalue weighted by Gasteiger charge is 2.35. The van der Waals surface area contributed by atoms with E-state index in [2.05, 4.69) is 44.1 Å². The molecule has 118 valence electrons. The first kappa shape index (κ1) is 16.3. The number of pyridine rings is 1. The Balaban J connectivity index is 2.22. The van der Waals surface area contributed by atoms with Gasteiger partial charge in [0.15, 0.2) is 0 Å². The quantitative estimate of drug-likeness (QED) is 0.890. The molecule has 1 heterocycles. The van der Waals surface area contributed by atoms with E-state index in [-0.39, 0.29) is 6.10 Å². The lowest BCUT2D eigenvalue weighted by Gasteiger charge is -2.41. The predicted molar refractivity (Wildman–Crippen MR) is 87.8 cm³/mol. The van der Waals surface area contributed by atoms with E-state index in [0.717, 1.165) is 12.3 Å². The highest BCUT2D eigenvalue weighted by atomic mass is 16.5. The fourth-order valence-electron chi connectivity index (χ4n) is 3.51. The Bertz CT molecular complexity index is 456. The summed E-state index contributed by atoms with van der Waals surface area (Å²) in [5.74, 6) is 2.16. The molecule has 0 saturated heterocycles. The minimum Gasteiger partial charge on any atom is -0.489 e. The van der Waals surface area contributed by atoms with Crippen molar-refractivity contribution in [3.8, 4) is 5.75 Å². The second-order valence-electron chi connectivity index (χ2n) is 7.45. The van der Waals surface area contributed by atoms with E-state index in [4.69, 9.17) is 4.74 Å². The Labute approximate surface area is 129 Å². The van der Waals surface area contributed by atoms with Gasteiger partial charge in [0.2, 0.25) is 0 Å². The van der Waals surface area contributed by atoms with Crippen molar-refractivity contribution in [2.75, 3.05) is 13.6 Å². The Morgan fingerprint density at radius 1 is 1.38 bits per heavy atom. The SMILES string of the molecule is CNCC1CCC(C)(C)CC1c1cncc(OC(C)C)c1. The Morgan fingerprint density at radius 3 is 2.81 bits per heavy atom. The van der Waals surface area contributed by atoms with Gasteiger partial charge in [0.25, 0.3) is 0 Å². The maximum atomic E-state index is 5.81. The van der Waals surface area contributed by atoms with Gasteiger partial charge in [-0.1, -0.05) is 13.8 Å². The van der Waals surface area contributed by atoms with E-state index in [1.807, 2.05) is 19.4 Å². The standard InChI is InChI=1S/C18H30N2O/c1-13(2)21-16-8-15(11-20-12-16)17-9-18(3,4)7-6-14(17)10-19-5/h8,11-14,17,19H,6-7,9-10H2,1-5H3. The first-order valence-corrected chi connectivity index (χ1v) is 8.17. The predicted octanol–water partition coefficient (Wildman–Crippen LogP) is 4.00. The van der Waals surface area contributed by atoms with Gasteiger partial charge in [0.05, 0.1) is 12.3 Å². The molecule has 0 bridgehead atoms. The molecule has 0 aliphatic heterocycles. The molecule has 0 spiro atoms. The molecule has 0 aromatic carbocycles. The van der Waals surface area contributed by atoms with Gasteiger partial charge in [-0.25, -0.2) is 0 Å². The molecule has 1 saturated carbocycles. The van der Waals surface area contributed by atoms with Crippen LogP contribution < -0.4 is 10.1 Å². The molecule has 0 radical (unpaired) electrons. The summed E-state index contributed by atoms with van der Waals surface area (Å²) in [6, 6.07) is 2.20. The number of nitrogens with zero attached hydrogens (tertiary/aromatic N) is 1. The van der Waals surface area contributed by atoms with Crippen LogP contribution in [0.5, 0.6) is 5.75 Å².